The summed E-state index contributed by atoms with van der Waals surface area (Å²) in [6, 6.07) is 15.7. The van der Waals surface area contributed by atoms with Gasteiger partial charge in [-0.1, -0.05) is 48.0 Å². The van der Waals surface area contributed by atoms with Crippen LogP contribution in [0, 0.1) is 0 Å². The Kier molecular flexibility index (Phi) is 6.74. The van der Waals surface area contributed by atoms with Gasteiger partial charge < -0.3 is 0 Å². The summed E-state index contributed by atoms with van der Waals surface area (Å²) in [5, 5.41) is 5.10. The number of carbonyl (C=O) groups is 1. The third-order valence-electron chi connectivity index (χ3n) is 6.26. The molecule has 2 amide bonds. The van der Waals surface area contributed by atoms with E-state index in [4.69, 9.17) is 11.6 Å². The second-order valence-corrected chi connectivity index (χ2v) is 9.19. The van der Waals surface area contributed by atoms with Crippen LogP contribution in [0.15, 0.2) is 77.9 Å². The average Bonchev–Trinajstić information content (AvgIpc) is 3.21. The van der Waals surface area contributed by atoms with Gasteiger partial charge in [0.25, 0.3) is 0 Å². The molecule has 1 unspecified atom stereocenters. The number of urea groups is 1. The van der Waals surface area contributed by atoms with Crippen LogP contribution in [0.4, 0.5) is 36.8 Å². The Morgan fingerprint density at radius 3 is 2.11 bits per heavy atom. The maximum Gasteiger partial charge on any atom is 0.417 e. The van der Waals surface area contributed by atoms with Crippen molar-refractivity contribution < 1.29 is 31.1 Å². The first-order valence-electron chi connectivity index (χ1n) is 11.0. The summed E-state index contributed by atoms with van der Waals surface area (Å²) in [6.07, 6.45) is -9.15. The van der Waals surface area contributed by atoms with E-state index < -0.39 is 39.9 Å². The molecule has 1 aliphatic heterocycles. The summed E-state index contributed by atoms with van der Waals surface area (Å²) >= 11 is 5.96. The number of hydrogen-bond acceptors (Lipinski definition) is 2. The summed E-state index contributed by atoms with van der Waals surface area (Å²) in [6.45, 7) is 1.84. The predicted molar refractivity (Wildman–Crippen MR) is 129 cm³/mol. The van der Waals surface area contributed by atoms with Crippen molar-refractivity contribution in [1.82, 2.24) is 5.01 Å². The molecule has 0 aromatic heterocycles. The Hall–Kier alpha value is -3.53. The minimum atomic E-state index is -4.64. The molecule has 0 aliphatic carbocycles. The summed E-state index contributed by atoms with van der Waals surface area (Å²) < 4.78 is 78.5. The molecule has 1 atom stereocenters. The molecular formula is C26H20ClF6N3O. The van der Waals surface area contributed by atoms with Crippen molar-refractivity contribution in [3.05, 3.63) is 100 Å². The van der Waals surface area contributed by atoms with Gasteiger partial charge in [-0.15, -0.1) is 0 Å². The Bertz CT molecular complexity index is 1340. The van der Waals surface area contributed by atoms with E-state index in [0.717, 1.165) is 39.7 Å². The number of rotatable bonds is 3. The van der Waals surface area contributed by atoms with Crippen LogP contribution in [0.3, 0.4) is 0 Å². The summed E-state index contributed by atoms with van der Waals surface area (Å²) in [7, 11) is 1.40. The van der Waals surface area contributed by atoms with Crippen LogP contribution in [0.2, 0.25) is 5.02 Å². The molecule has 4 rings (SSSR count). The molecule has 37 heavy (non-hydrogen) atoms. The Labute approximate surface area is 213 Å². The molecule has 0 spiro atoms. The number of halogens is 7. The van der Waals surface area contributed by atoms with Gasteiger partial charge in [0.05, 0.1) is 33.8 Å². The third kappa shape index (κ3) is 5.16. The van der Waals surface area contributed by atoms with Gasteiger partial charge in [-0.05, 0) is 48.9 Å². The fourth-order valence-corrected chi connectivity index (χ4v) is 4.50. The van der Waals surface area contributed by atoms with E-state index >= 15 is 0 Å². The number of carbonyl (C=O) groups excluding carboxylic acids is 1. The number of hydrogen-bond donors (Lipinski definition) is 0. The predicted octanol–water partition coefficient (Wildman–Crippen LogP) is 7.61. The van der Waals surface area contributed by atoms with Crippen LogP contribution in [0.5, 0.6) is 0 Å². The molecule has 194 valence electrons. The maximum absolute atomic E-state index is 13.3. The van der Waals surface area contributed by atoms with Crippen LogP contribution in [-0.2, 0) is 17.8 Å². The number of nitrogens with zero attached hydrogens (tertiary/aromatic N) is 3. The zero-order valence-electron chi connectivity index (χ0n) is 19.5. The molecule has 3 aromatic carbocycles. The smallest absolute Gasteiger partial charge is 0.296 e. The van der Waals surface area contributed by atoms with Crippen LogP contribution >= 0.6 is 11.6 Å². The van der Waals surface area contributed by atoms with E-state index in [1.54, 1.807) is 25.1 Å². The van der Waals surface area contributed by atoms with Gasteiger partial charge in [0, 0.05) is 18.3 Å². The standard InChI is InChI=1S/C26H20ClF6N3O/c1-24(17-6-4-3-5-7-17)15-36(23(37)35(2)19-11-9-18(10-12-19)25(28,29)30)34-22(24)16-8-13-20(21(27)14-16)26(31,32)33/h3-14H,15H2,1-2H3. The van der Waals surface area contributed by atoms with Crippen molar-refractivity contribution in [3.8, 4) is 0 Å². The van der Waals surface area contributed by atoms with E-state index in [1.807, 2.05) is 12.1 Å². The Morgan fingerprint density at radius 2 is 1.57 bits per heavy atom. The molecule has 4 nitrogen and oxygen atoms in total. The SMILES string of the molecule is CN(C(=O)N1CC(C)(c2ccccc2)C(c2ccc(C(F)(F)F)c(Cl)c2)=N1)c1ccc(C(F)(F)F)cc1. The minimum Gasteiger partial charge on any atom is -0.296 e. The molecule has 1 heterocycles. The molecule has 11 heteroatoms. The Balaban J connectivity index is 1.72. The second-order valence-electron chi connectivity index (χ2n) is 8.78. The fourth-order valence-electron chi connectivity index (χ4n) is 4.21. The van der Waals surface area contributed by atoms with E-state index in [-0.39, 0.29) is 12.2 Å². The van der Waals surface area contributed by atoms with Crippen molar-refractivity contribution in [3.63, 3.8) is 0 Å². The highest BCUT2D eigenvalue weighted by molar-refractivity contribution is 6.32. The Morgan fingerprint density at radius 1 is 0.946 bits per heavy atom. The van der Waals surface area contributed by atoms with Gasteiger partial charge >= 0.3 is 18.4 Å². The molecule has 0 fully saturated rings. The van der Waals surface area contributed by atoms with Gasteiger partial charge in [-0.25, -0.2) is 9.80 Å². The summed E-state index contributed by atoms with van der Waals surface area (Å²) in [5.74, 6) is 0. The van der Waals surface area contributed by atoms with Crippen LogP contribution < -0.4 is 4.90 Å². The monoisotopic (exact) mass is 539 g/mol. The first kappa shape index (κ1) is 26.5. The second kappa shape index (κ2) is 9.41. The van der Waals surface area contributed by atoms with Crippen molar-refractivity contribution in [2.24, 2.45) is 5.10 Å². The summed E-state index contributed by atoms with van der Waals surface area (Å²) in [5.41, 5.74) is -1.17. The number of amides is 2. The van der Waals surface area contributed by atoms with Crippen molar-refractivity contribution in [2.75, 3.05) is 18.5 Å². The van der Waals surface area contributed by atoms with Gasteiger partial charge in [0.2, 0.25) is 0 Å². The number of anilines is 1. The fraction of sp³-hybridized carbons (Fsp3) is 0.231. The third-order valence-corrected chi connectivity index (χ3v) is 6.57. The lowest BCUT2D eigenvalue weighted by Crippen LogP contribution is -2.42. The van der Waals surface area contributed by atoms with Gasteiger partial charge in [0.15, 0.2) is 0 Å². The summed E-state index contributed by atoms with van der Waals surface area (Å²) in [4.78, 5) is 14.5. The number of benzene rings is 3. The minimum absolute atomic E-state index is 0.0365. The average molecular weight is 540 g/mol. The van der Waals surface area contributed by atoms with Crippen LogP contribution in [0.1, 0.15) is 29.2 Å². The lowest BCUT2D eigenvalue weighted by Gasteiger charge is -2.28. The lowest BCUT2D eigenvalue weighted by atomic mass is 9.76. The zero-order chi connectivity index (χ0) is 27.2. The maximum atomic E-state index is 13.3. The quantitative estimate of drug-likeness (QED) is 0.316. The van der Waals surface area contributed by atoms with Crippen molar-refractivity contribution in [1.29, 1.82) is 0 Å². The molecular weight excluding hydrogens is 520 g/mol. The number of hydrazone groups is 1. The zero-order valence-corrected chi connectivity index (χ0v) is 20.3. The lowest BCUT2D eigenvalue weighted by molar-refractivity contribution is -0.138. The first-order chi connectivity index (χ1) is 17.2. The molecule has 0 N–H and O–H groups in total. The van der Waals surface area contributed by atoms with E-state index in [2.05, 4.69) is 5.10 Å². The number of alkyl halides is 6. The molecule has 1 aliphatic rings. The molecule has 0 bridgehead atoms. The van der Waals surface area contributed by atoms with Gasteiger partial charge in [0.1, 0.15) is 0 Å². The van der Waals surface area contributed by atoms with Gasteiger partial charge in [-0.2, -0.15) is 31.4 Å². The topological polar surface area (TPSA) is 35.9 Å². The van der Waals surface area contributed by atoms with E-state index in [0.29, 0.717) is 11.3 Å². The van der Waals surface area contributed by atoms with Crippen LogP contribution in [0.25, 0.3) is 0 Å². The molecule has 0 radical (unpaired) electrons. The van der Waals surface area contributed by atoms with E-state index in [1.165, 1.54) is 25.2 Å². The molecule has 0 saturated carbocycles. The highest BCUT2D eigenvalue weighted by Gasteiger charge is 2.44. The van der Waals surface area contributed by atoms with Crippen LogP contribution in [-0.4, -0.2) is 30.3 Å². The van der Waals surface area contributed by atoms with E-state index in [9.17, 15) is 31.1 Å². The highest BCUT2D eigenvalue weighted by Crippen LogP contribution is 2.39. The molecule has 0 saturated heterocycles. The first-order valence-corrected chi connectivity index (χ1v) is 11.3. The highest BCUT2D eigenvalue weighted by atomic mass is 35.5. The van der Waals surface area contributed by atoms with Crippen molar-refractivity contribution >= 4 is 29.0 Å². The van der Waals surface area contributed by atoms with Gasteiger partial charge in [-0.3, -0.25) is 4.90 Å². The van der Waals surface area contributed by atoms with Crippen molar-refractivity contribution in [2.45, 2.75) is 24.7 Å². The molecule has 3 aromatic rings. The normalized spacial score (nSPS) is 18.1. The largest absolute Gasteiger partial charge is 0.417 e.